The van der Waals surface area contributed by atoms with Gasteiger partial charge in [0.05, 0.1) is 12.2 Å². The molecule has 0 spiro atoms. The summed E-state index contributed by atoms with van der Waals surface area (Å²) in [5, 5.41) is 0. The number of fused-ring (bicyclic) bond motifs is 1. The first-order chi connectivity index (χ1) is 13.9. The number of hydrogen-bond donors (Lipinski definition) is 0. The summed E-state index contributed by atoms with van der Waals surface area (Å²) in [6.45, 7) is 4.23. The number of para-hydroxylation sites is 1. The molecule has 0 saturated carbocycles. The molecule has 1 aliphatic heterocycles. The Balaban J connectivity index is 1.86. The Morgan fingerprint density at radius 1 is 1.21 bits per heavy atom. The van der Waals surface area contributed by atoms with E-state index < -0.39 is 6.10 Å². The molecule has 1 atom stereocenters. The zero-order valence-corrected chi connectivity index (χ0v) is 17.1. The lowest BCUT2D eigenvalue weighted by molar-refractivity contribution is -0.135. The molecule has 0 aliphatic carbocycles. The molecule has 2 aromatic rings. The topological polar surface area (TPSA) is 65.1 Å². The van der Waals surface area contributed by atoms with Crippen molar-refractivity contribution in [2.75, 3.05) is 27.3 Å². The molecule has 0 unspecified atom stereocenters. The zero-order valence-electron chi connectivity index (χ0n) is 17.1. The molecule has 0 N–H and O–H groups in total. The zero-order chi connectivity index (χ0) is 21.0. The van der Waals surface area contributed by atoms with Crippen LogP contribution in [0.2, 0.25) is 0 Å². The first kappa shape index (κ1) is 20.5. The Labute approximate surface area is 170 Å². The van der Waals surface area contributed by atoms with Crippen LogP contribution in [0.5, 0.6) is 17.2 Å². The largest absolute Gasteiger partial charge is 0.490 e. The normalized spacial score (nSPS) is 15.3. The third kappa shape index (κ3) is 4.59. The molecule has 0 aromatic heterocycles. The van der Waals surface area contributed by atoms with E-state index in [0.29, 0.717) is 35.0 Å². The van der Waals surface area contributed by atoms with Crippen molar-refractivity contribution in [1.82, 2.24) is 4.90 Å². The summed E-state index contributed by atoms with van der Waals surface area (Å²) in [5.41, 5.74) is 1.92. The monoisotopic (exact) mass is 395 g/mol. The summed E-state index contributed by atoms with van der Waals surface area (Å²) in [6, 6.07) is 12.6. The number of nitrogens with zero attached hydrogens (tertiary/aromatic N) is 1. The van der Waals surface area contributed by atoms with E-state index in [1.165, 1.54) is 4.90 Å². The van der Waals surface area contributed by atoms with Gasteiger partial charge in [-0.2, -0.15) is 0 Å². The van der Waals surface area contributed by atoms with Gasteiger partial charge in [-0.1, -0.05) is 18.2 Å². The minimum atomic E-state index is -0.641. The fourth-order valence-corrected chi connectivity index (χ4v) is 3.07. The second-order valence-corrected chi connectivity index (χ2v) is 6.92. The predicted molar refractivity (Wildman–Crippen MR) is 111 cm³/mol. The molecule has 1 amide bonds. The molecule has 6 heteroatoms. The Kier molecular flexibility index (Phi) is 6.22. The van der Waals surface area contributed by atoms with E-state index in [2.05, 4.69) is 0 Å². The Hall–Kier alpha value is -3.28. The van der Waals surface area contributed by atoms with Gasteiger partial charge in [-0.3, -0.25) is 9.59 Å². The fourth-order valence-electron chi connectivity index (χ4n) is 3.07. The number of carbonyl (C=O) groups is 2. The standard InChI is InChI=1S/C23H25NO5/c1-5-27-21-13-16(10-11-20(21)29-15(2)23(26)24(3)4)12-17-14-28-19-9-7-6-8-18(19)22(17)25/h6-13,15H,5,14H2,1-4H3/b17-12+/t15-/m1/s1. The van der Waals surface area contributed by atoms with E-state index in [1.54, 1.807) is 51.4 Å². The summed E-state index contributed by atoms with van der Waals surface area (Å²) in [4.78, 5) is 26.3. The van der Waals surface area contributed by atoms with E-state index >= 15 is 0 Å². The maximum absolute atomic E-state index is 12.7. The second kappa shape index (κ2) is 8.82. The number of Topliss-reactive ketones (excluding diaryl/α,β-unsaturated/α-hetero) is 1. The van der Waals surface area contributed by atoms with E-state index in [9.17, 15) is 9.59 Å². The van der Waals surface area contributed by atoms with Crippen LogP contribution < -0.4 is 14.2 Å². The van der Waals surface area contributed by atoms with Crippen LogP contribution in [0.1, 0.15) is 29.8 Å². The Bertz CT molecular complexity index is 948. The lowest BCUT2D eigenvalue weighted by Crippen LogP contribution is -2.35. The number of hydrogen-bond acceptors (Lipinski definition) is 5. The van der Waals surface area contributed by atoms with E-state index in [4.69, 9.17) is 14.2 Å². The number of carbonyl (C=O) groups excluding carboxylic acids is 2. The van der Waals surface area contributed by atoms with Gasteiger partial charge in [0.15, 0.2) is 23.4 Å². The predicted octanol–water partition coefficient (Wildman–Crippen LogP) is 3.60. The van der Waals surface area contributed by atoms with Crippen LogP contribution in [0.4, 0.5) is 0 Å². The maximum atomic E-state index is 12.7. The number of likely N-dealkylation sites (N-methyl/N-ethyl adjacent to an activating group) is 1. The molecule has 152 valence electrons. The molecular weight excluding hydrogens is 370 g/mol. The summed E-state index contributed by atoms with van der Waals surface area (Å²) >= 11 is 0. The Morgan fingerprint density at radius 2 is 1.97 bits per heavy atom. The molecule has 0 bridgehead atoms. The minimum absolute atomic E-state index is 0.0460. The van der Waals surface area contributed by atoms with E-state index in [1.807, 2.05) is 25.1 Å². The highest BCUT2D eigenvalue weighted by Crippen LogP contribution is 2.32. The highest BCUT2D eigenvalue weighted by Gasteiger charge is 2.23. The van der Waals surface area contributed by atoms with Crippen molar-refractivity contribution in [3.63, 3.8) is 0 Å². The minimum Gasteiger partial charge on any atom is -0.490 e. The molecule has 0 saturated heterocycles. The lowest BCUT2D eigenvalue weighted by Gasteiger charge is -2.20. The van der Waals surface area contributed by atoms with E-state index in [-0.39, 0.29) is 18.3 Å². The summed E-state index contributed by atoms with van der Waals surface area (Å²) in [5.74, 6) is 1.42. The number of rotatable bonds is 6. The van der Waals surface area contributed by atoms with Crippen molar-refractivity contribution in [3.8, 4) is 17.2 Å². The van der Waals surface area contributed by atoms with Crippen molar-refractivity contribution in [2.45, 2.75) is 20.0 Å². The number of benzene rings is 2. The third-order valence-electron chi connectivity index (χ3n) is 4.51. The van der Waals surface area contributed by atoms with Crippen molar-refractivity contribution in [1.29, 1.82) is 0 Å². The average molecular weight is 395 g/mol. The van der Waals surface area contributed by atoms with Crippen LogP contribution in [0.3, 0.4) is 0 Å². The molecule has 29 heavy (non-hydrogen) atoms. The molecule has 6 nitrogen and oxygen atoms in total. The van der Waals surface area contributed by atoms with Crippen molar-refractivity contribution in [2.24, 2.45) is 0 Å². The van der Waals surface area contributed by atoms with Gasteiger partial charge in [-0.25, -0.2) is 0 Å². The maximum Gasteiger partial charge on any atom is 0.262 e. The van der Waals surface area contributed by atoms with Crippen LogP contribution in [-0.2, 0) is 4.79 Å². The highest BCUT2D eigenvalue weighted by atomic mass is 16.5. The van der Waals surface area contributed by atoms with Crippen LogP contribution in [0, 0.1) is 0 Å². The molecule has 1 aliphatic rings. The van der Waals surface area contributed by atoms with Gasteiger partial charge in [0.2, 0.25) is 0 Å². The van der Waals surface area contributed by atoms with Gasteiger partial charge in [0.25, 0.3) is 5.91 Å². The number of amides is 1. The lowest BCUT2D eigenvalue weighted by atomic mass is 9.98. The molecular formula is C23H25NO5. The van der Waals surface area contributed by atoms with Gasteiger partial charge >= 0.3 is 0 Å². The van der Waals surface area contributed by atoms with Gasteiger partial charge in [-0.05, 0) is 49.8 Å². The summed E-state index contributed by atoms with van der Waals surface area (Å²) < 4.78 is 17.2. The first-order valence-corrected chi connectivity index (χ1v) is 9.52. The molecule has 0 radical (unpaired) electrons. The SMILES string of the molecule is CCOc1cc(/C=C2\COc3ccccc3C2=O)ccc1O[C@H](C)C(=O)N(C)C. The number of ether oxygens (including phenoxy) is 3. The van der Waals surface area contributed by atoms with Gasteiger partial charge in [0.1, 0.15) is 12.4 Å². The number of ketones is 1. The van der Waals surface area contributed by atoms with Gasteiger partial charge in [-0.15, -0.1) is 0 Å². The molecule has 3 rings (SSSR count). The quantitative estimate of drug-likeness (QED) is 0.700. The van der Waals surface area contributed by atoms with Crippen LogP contribution in [0.15, 0.2) is 48.0 Å². The van der Waals surface area contributed by atoms with Crippen molar-refractivity contribution < 1.29 is 23.8 Å². The second-order valence-electron chi connectivity index (χ2n) is 6.92. The van der Waals surface area contributed by atoms with Crippen molar-refractivity contribution in [3.05, 3.63) is 59.2 Å². The van der Waals surface area contributed by atoms with Crippen LogP contribution in [-0.4, -0.2) is 50.0 Å². The third-order valence-corrected chi connectivity index (χ3v) is 4.51. The van der Waals surface area contributed by atoms with Crippen LogP contribution in [0.25, 0.3) is 6.08 Å². The van der Waals surface area contributed by atoms with Gasteiger partial charge in [0, 0.05) is 19.7 Å². The average Bonchev–Trinajstić information content (AvgIpc) is 2.71. The summed E-state index contributed by atoms with van der Waals surface area (Å²) in [6.07, 6.45) is 1.15. The van der Waals surface area contributed by atoms with Crippen molar-refractivity contribution >= 4 is 17.8 Å². The van der Waals surface area contributed by atoms with Gasteiger partial charge < -0.3 is 19.1 Å². The molecule has 1 heterocycles. The van der Waals surface area contributed by atoms with Crippen LogP contribution >= 0.6 is 0 Å². The summed E-state index contributed by atoms with van der Waals surface area (Å²) in [7, 11) is 3.37. The highest BCUT2D eigenvalue weighted by molar-refractivity contribution is 6.14. The first-order valence-electron chi connectivity index (χ1n) is 9.52. The van der Waals surface area contributed by atoms with E-state index in [0.717, 1.165) is 5.56 Å². The Morgan fingerprint density at radius 3 is 2.69 bits per heavy atom. The molecule has 0 fully saturated rings. The smallest absolute Gasteiger partial charge is 0.262 e. The fraction of sp³-hybridized carbons (Fsp3) is 0.304. The molecule has 2 aromatic carbocycles.